The number of aliphatic carboxylic acids is 1. The van der Waals surface area contributed by atoms with E-state index in [1.165, 1.54) is 0 Å². The molecule has 1 heterocycles. The van der Waals surface area contributed by atoms with Gasteiger partial charge in [0.15, 0.2) is 6.20 Å². The fourth-order valence-corrected chi connectivity index (χ4v) is 2.85. The number of hydrogen-bond acceptors (Lipinski definition) is 6. The van der Waals surface area contributed by atoms with E-state index < -0.39 is 32.8 Å². The van der Waals surface area contributed by atoms with Crippen LogP contribution in [0, 0.1) is 16.0 Å². The number of nitrogens with one attached hydrogen (secondary N) is 1. The van der Waals surface area contributed by atoms with Crippen molar-refractivity contribution in [1.29, 1.82) is 0 Å². The van der Waals surface area contributed by atoms with Crippen LogP contribution in [0.3, 0.4) is 0 Å². The zero-order valence-corrected chi connectivity index (χ0v) is 10.9. The van der Waals surface area contributed by atoms with E-state index in [0.717, 1.165) is 18.3 Å². The molecule has 1 aliphatic rings. The monoisotopic (exact) mass is 301 g/mol. The summed E-state index contributed by atoms with van der Waals surface area (Å²) in [5, 5.41) is 19.4. The minimum Gasteiger partial charge on any atom is -0.480 e. The lowest BCUT2D eigenvalue weighted by Crippen LogP contribution is -2.42. The fraction of sp³-hybridized carbons (Fsp3) is 0.400. The summed E-state index contributed by atoms with van der Waals surface area (Å²) in [7, 11) is -4.07. The number of nitro groups is 1. The molecule has 2 rings (SSSR count). The molecular formula is C10H11N3O6S. The van der Waals surface area contributed by atoms with E-state index in [1.807, 2.05) is 0 Å². The van der Waals surface area contributed by atoms with Crippen LogP contribution in [0.4, 0.5) is 5.82 Å². The Labute approximate surface area is 113 Å². The van der Waals surface area contributed by atoms with Gasteiger partial charge in [0.1, 0.15) is 10.9 Å². The Morgan fingerprint density at radius 2 is 2.15 bits per heavy atom. The molecule has 1 saturated carbocycles. The van der Waals surface area contributed by atoms with E-state index in [9.17, 15) is 23.3 Å². The maximum Gasteiger partial charge on any atom is 0.363 e. The molecule has 1 aromatic rings. The van der Waals surface area contributed by atoms with Crippen molar-refractivity contribution >= 4 is 21.8 Å². The average molecular weight is 301 g/mol. The smallest absolute Gasteiger partial charge is 0.363 e. The molecule has 1 atom stereocenters. The Bertz CT molecular complexity index is 637. The van der Waals surface area contributed by atoms with Crippen molar-refractivity contribution < 1.29 is 23.2 Å². The van der Waals surface area contributed by atoms with E-state index >= 15 is 0 Å². The third kappa shape index (κ3) is 3.08. The summed E-state index contributed by atoms with van der Waals surface area (Å²) < 4.78 is 26.0. The van der Waals surface area contributed by atoms with Crippen LogP contribution in [0.5, 0.6) is 0 Å². The molecule has 1 aliphatic carbocycles. The largest absolute Gasteiger partial charge is 0.480 e. The van der Waals surface area contributed by atoms with Crippen LogP contribution in [0.1, 0.15) is 12.8 Å². The first-order chi connectivity index (χ1) is 9.31. The second-order valence-electron chi connectivity index (χ2n) is 4.38. The molecule has 0 aliphatic heterocycles. The lowest BCUT2D eigenvalue weighted by atomic mass is 10.2. The quantitative estimate of drug-likeness (QED) is 0.562. The lowest BCUT2D eigenvalue weighted by molar-refractivity contribution is -0.389. The van der Waals surface area contributed by atoms with Crippen LogP contribution in [-0.4, -0.2) is 35.4 Å². The van der Waals surface area contributed by atoms with Crippen molar-refractivity contribution in [2.45, 2.75) is 23.8 Å². The van der Waals surface area contributed by atoms with Crippen molar-refractivity contribution in [3.8, 4) is 0 Å². The summed E-state index contributed by atoms with van der Waals surface area (Å²) >= 11 is 0. The molecule has 0 amide bonds. The van der Waals surface area contributed by atoms with E-state index in [-0.39, 0.29) is 10.8 Å². The summed E-state index contributed by atoms with van der Waals surface area (Å²) in [5.74, 6) is -1.94. The zero-order valence-electron chi connectivity index (χ0n) is 10.1. The number of pyridine rings is 1. The molecule has 0 spiro atoms. The number of nitrogens with zero attached hydrogens (tertiary/aromatic N) is 2. The zero-order chi connectivity index (χ0) is 14.9. The number of hydrogen-bond donors (Lipinski definition) is 2. The van der Waals surface area contributed by atoms with Gasteiger partial charge < -0.3 is 15.2 Å². The highest BCUT2D eigenvalue weighted by Crippen LogP contribution is 2.33. The topological polar surface area (TPSA) is 140 Å². The van der Waals surface area contributed by atoms with Gasteiger partial charge in [-0.25, -0.2) is 8.42 Å². The fourth-order valence-electron chi connectivity index (χ4n) is 1.65. The van der Waals surface area contributed by atoms with Gasteiger partial charge in [-0.2, -0.15) is 4.72 Å². The number of aromatic nitrogens is 1. The molecule has 9 nitrogen and oxygen atoms in total. The molecule has 20 heavy (non-hydrogen) atoms. The Morgan fingerprint density at radius 1 is 1.50 bits per heavy atom. The molecule has 0 saturated heterocycles. The number of carbonyl (C=O) groups is 1. The predicted molar refractivity (Wildman–Crippen MR) is 65.4 cm³/mol. The van der Waals surface area contributed by atoms with Gasteiger partial charge in [-0.3, -0.25) is 4.79 Å². The van der Waals surface area contributed by atoms with Gasteiger partial charge in [-0.05, 0) is 34.7 Å². The lowest BCUT2D eigenvalue weighted by Gasteiger charge is -2.13. The molecular weight excluding hydrogens is 290 g/mol. The Hall–Kier alpha value is -2.07. The molecule has 0 aromatic carbocycles. The highest BCUT2D eigenvalue weighted by atomic mass is 32.2. The highest BCUT2D eigenvalue weighted by Gasteiger charge is 2.39. The van der Waals surface area contributed by atoms with Crippen molar-refractivity contribution in [1.82, 2.24) is 9.71 Å². The standard InChI is InChI=1S/C10H11N3O6S/c14-10(15)9(6-1-2-6)12-20(18,19)7-3-4-8(11-5-7)13(16)17/h3-6,9,12H,1-2H2,(H,14,15). The first-order valence-electron chi connectivity index (χ1n) is 5.67. The summed E-state index contributed by atoms with van der Waals surface area (Å²) in [6, 6.07) is 0.774. The summed E-state index contributed by atoms with van der Waals surface area (Å²) in [4.78, 5) is 23.8. The van der Waals surface area contributed by atoms with Crippen molar-refractivity contribution in [2.75, 3.05) is 0 Å². The normalized spacial score (nSPS) is 16.6. The Kier molecular flexibility index (Phi) is 3.68. The van der Waals surface area contributed by atoms with Crippen molar-refractivity contribution in [2.24, 2.45) is 5.92 Å². The Balaban J connectivity index is 2.21. The molecule has 0 radical (unpaired) electrons. The molecule has 1 fully saturated rings. The van der Waals surface area contributed by atoms with Crippen LogP contribution in [0.25, 0.3) is 0 Å². The molecule has 0 bridgehead atoms. The van der Waals surface area contributed by atoms with Crippen molar-refractivity contribution in [3.63, 3.8) is 0 Å². The molecule has 2 N–H and O–H groups in total. The molecule has 108 valence electrons. The summed E-state index contributed by atoms with van der Waals surface area (Å²) in [5.41, 5.74) is 0. The minimum atomic E-state index is -4.07. The van der Waals surface area contributed by atoms with Gasteiger partial charge in [-0.15, -0.1) is 0 Å². The van der Waals surface area contributed by atoms with Crippen LogP contribution in [-0.2, 0) is 14.8 Å². The van der Waals surface area contributed by atoms with E-state index in [1.54, 1.807) is 0 Å². The van der Waals surface area contributed by atoms with Gasteiger partial charge in [0.2, 0.25) is 10.0 Å². The van der Waals surface area contributed by atoms with Crippen LogP contribution in [0.15, 0.2) is 23.2 Å². The SMILES string of the molecule is O=C(O)C(NS(=O)(=O)c1ccc([N+](=O)[O-])nc1)C1CC1. The van der Waals surface area contributed by atoms with Gasteiger partial charge in [0.25, 0.3) is 0 Å². The molecule has 1 unspecified atom stereocenters. The first-order valence-corrected chi connectivity index (χ1v) is 7.15. The molecule has 1 aromatic heterocycles. The van der Waals surface area contributed by atoms with Gasteiger partial charge >= 0.3 is 11.8 Å². The van der Waals surface area contributed by atoms with E-state index in [0.29, 0.717) is 12.8 Å². The van der Waals surface area contributed by atoms with Crippen LogP contribution in [0.2, 0.25) is 0 Å². The van der Waals surface area contributed by atoms with Gasteiger partial charge in [-0.1, -0.05) is 0 Å². The summed E-state index contributed by atoms with van der Waals surface area (Å²) in [6.07, 6.45) is 2.13. The molecule has 10 heteroatoms. The van der Waals surface area contributed by atoms with Crippen LogP contribution >= 0.6 is 0 Å². The maximum absolute atomic E-state index is 12.0. The Morgan fingerprint density at radius 3 is 2.55 bits per heavy atom. The summed E-state index contributed by atoms with van der Waals surface area (Å²) in [6.45, 7) is 0. The second kappa shape index (κ2) is 5.13. The van der Waals surface area contributed by atoms with Crippen LogP contribution < -0.4 is 4.72 Å². The third-order valence-corrected chi connectivity index (χ3v) is 4.29. The first kappa shape index (κ1) is 14.3. The van der Waals surface area contributed by atoms with E-state index in [4.69, 9.17) is 5.11 Å². The van der Waals surface area contributed by atoms with E-state index in [2.05, 4.69) is 9.71 Å². The number of carboxylic acids is 1. The number of sulfonamides is 1. The number of rotatable bonds is 6. The minimum absolute atomic E-state index is 0.215. The second-order valence-corrected chi connectivity index (χ2v) is 6.10. The van der Waals surface area contributed by atoms with Gasteiger partial charge in [0, 0.05) is 6.07 Å². The number of carboxylic acid groups (broad SMARTS) is 1. The third-order valence-electron chi connectivity index (χ3n) is 2.86. The van der Waals surface area contributed by atoms with Gasteiger partial charge in [0.05, 0.1) is 0 Å². The maximum atomic E-state index is 12.0. The predicted octanol–water partition coefficient (Wildman–Crippen LogP) is 0.131. The highest BCUT2D eigenvalue weighted by molar-refractivity contribution is 7.89. The average Bonchev–Trinajstić information content (AvgIpc) is 3.20. The van der Waals surface area contributed by atoms with Crippen molar-refractivity contribution in [3.05, 3.63) is 28.4 Å².